The average molecular weight is 568 g/mol. The number of hydrogen-bond acceptors (Lipinski definition) is 6. The summed E-state index contributed by atoms with van der Waals surface area (Å²) in [5, 5.41) is 10.3. The van der Waals surface area contributed by atoms with Crippen molar-refractivity contribution in [1.29, 1.82) is 0 Å². The van der Waals surface area contributed by atoms with Gasteiger partial charge in [-0.05, 0) is 56.9 Å². The highest BCUT2D eigenvalue weighted by molar-refractivity contribution is 6.03. The summed E-state index contributed by atoms with van der Waals surface area (Å²) >= 11 is 0. The van der Waals surface area contributed by atoms with Gasteiger partial charge in [-0.25, -0.2) is 0 Å². The number of anilines is 1. The molecule has 6 atom stereocenters. The minimum absolute atomic E-state index is 0.204. The van der Waals surface area contributed by atoms with Gasteiger partial charge in [-0.15, -0.1) is 13.2 Å². The largest absolute Gasteiger partial charge is 0.494 e. The topological polar surface area (TPSA) is 99.6 Å². The number of carbonyl (C=O) groups is 3. The molecule has 0 saturated carbocycles. The lowest BCUT2D eigenvalue weighted by Crippen LogP contribution is -2.58. The number of aliphatic hydroxyl groups excluding tert-OH is 1. The number of nitrogens with zero attached hydrogens (tertiary/aromatic N) is 3. The second kappa shape index (κ2) is 13.2. The predicted octanol–water partition coefficient (Wildman–Crippen LogP) is 3.56. The average Bonchev–Trinajstić information content (AvgIpc) is 3.62. The van der Waals surface area contributed by atoms with Gasteiger partial charge in [-0.1, -0.05) is 32.4 Å². The molecule has 3 aliphatic heterocycles. The summed E-state index contributed by atoms with van der Waals surface area (Å²) in [6.07, 6.45) is 6.17. The molecule has 4 rings (SSSR count). The van der Waals surface area contributed by atoms with Crippen molar-refractivity contribution in [2.24, 2.45) is 11.8 Å². The molecule has 1 aromatic rings. The van der Waals surface area contributed by atoms with E-state index in [0.29, 0.717) is 50.4 Å². The molecule has 3 aliphatic rings. The van der Waals surface area contributed by atoms with Crippen molar-refractivity contribution in [3.05, 3.63) is 49.6 Å². The Bertz CT molecular complexity index is 1120. The van der Waals surface area contributed by atoms with Gasteiger partial charge in [0.25, 0.3) is 0 Å². The Morgan fingerprint density at radius 1 is 1.17 bits per heavy atom. The van der Waals surface area contributed by atoms with Crippen LogP contribution in [0, 0.1) is 11.8 Å². The molecular weight excluding hydrogens is 522 g/mol. The smallest absolute Gasteiger partial charge is 0.248 e. The van der Waals surface area contributed by atoms with E-state index in [1.807, 2.05) is 38.1 Å². The maximum atomic E-state index is 14.3. The molecule has 1 spiro atoms. The third-order valence-corrected chi connectivity index (χ3v) is 8.81. The molecule has 3 saturated heterocycles. The van der Waals surface area contributed by atoms with Crippen LogP contribution >= 0.6 is 0 Å². The van der Waals surface area contributed by atoms with E-state index in [0.717, 1.165) is 12.8 Å². The van der Waals surface area contributed by atoms with E-state index in [2.05, 4.69) is 20.1 Å². The standard InChI is InChI=1S/C32H45N3O6/c1-6-11-20-33(18-7-2)31(39)28-32-17-16-25(41-32)26(27(32)30(38)35(28)22(9-4)21-36)29(37)34(19-8-3)23-12-14-24(15-13-23)40-10-5/h7-8,12-15,22,25-28,36H,2-3,6,9-11,16-21H2,1,4-5H3/t22-,25+,26-,27-,28?,32?/m0/s1. The zero-order valence-corrected chi connectivity index (χ0v) is 24.7. The minimum Gasteiger partial charge on any atom is -0.494 e. The van der Waals surface area contributed by atoms with Crippen molar-refractivity contribution in [3.63, 3.8) is 0 Å². The van der Waals surface area contributed by atoms with Crippen LogP contribution < -0.4 is 9.64 Å². The molecule has 41 heavy (non-hydrogen) atoms. The summed E-state index contributed by atoms with van der Waals surface area (Å²) in [4.78, 5) is 47.8. The minimum atomic E-state index is -1.12. The number of hydrogen-bond donors (Lipinski definition) is 1. The van der Waals surface area contributed by atoms with Crippen LogP contribution in [0.5, 0.6) is 5.75 Å². The van der Waals surface area contributed by atoms with Crippen LogP contribution in [-0.4, -0.2) is 89.3 Å². The van der Waals surface area contributed by atoms with E-state index in [1.54, 1.807) is 26.9 Å². The Morgan fingerprint density at radius 3 is 2.46 bits per heavy atom. The number of fused-ring (bicyclic) bond motifs is 1. The van der Waals surface area contributed by atoms with Crippen LogP contribution in [-0.2, 0) is 19.1 Å². The predicted molar refractivity (Wildman–Crippen MR) is 157 cm³/mol. The molecule has 3 heterocycles. The zero-order valence-electron chi connectivity index (χ0n) is 24.7. The Hall–Kier alpha value is -3.17. The molecule has 224 valence electrons. The van der Waals surface area contributed by atoms with Crippen molar-refractivity contribution in [2.75, 3.05) is 37.7 Å². The van der Waals surface area contributed by atoms with Gasteiger partial charge in [-0.3, -0.25) is 14.4 Å². The number of aliphatic hydroxyl groups is 1. The summed E-state index contributed by atoms with van der Waals surface area (Å²) in [6, 6.07) is 5.82. The second-order valence-corrected chi connectivity index (χ2v) is 11.1. The van der Waals surface area contributed by atoms with Gasteiger partial charge in [0.15, 0.2) is 0 Å². The van der Waals surface area contributed by atoms with E-state index in [-0.39, 0.29) is 30.9 Å². The quantitative estimate of drug-likeness (QED) is 0.326. The van der Waals surface area contributed by atoms with Crippen molar-refractivity contribution < 1.29 is 29.0 Å². The summed E-state index contributed by atoms with van der Waals surface area (Å²) in [5.74, 6) is -1.57. The molecular formula is C32H45N3O6. The lowest BCUT2D eigenvalue weighted by molar-refractivity contribution is -0.151. The Kier molecular flexibility index (Phi) is 9.92. The molecule has 1 N–H and O–H groups in total. The fourth-order valence-corrected chi connectivity index (χ4v) is 6.95. The highest BCUT2D eigenvalue weighted by Gasteiger charge is 2.75. The van der Waals surface area contributed by atoms with E-state index in [9.17, 15) is 19.5 Å². The van der Waals surface area contributed by atoms with Crippen LogP contribution in [0.4, 0.5) is 5.69 Å². The lowest BCUT2D eigenvalue weighted by atomic mass is 9.70. The van der Waals surface area contributed by atoms with E-state index in [1.165, 1.54) is 0 Å². The van der Waals surface area contributed by atoms with Gasteiger partial charge in [0.05, 0.1) is 37.2 Å². The number of likely N-dealkylation sites (tertiary alicyclic amines) is 1. The van der Waals surface area contributed by atoms with Crippen molar-refractivity contribution in [3.8, 4) is 5.75 Å². The van der Waals surface area contributed by atoms with Crippen LogP contribution in [0.2, 0.25) is 0 Å². The van der Waals surface area contributed by atoms with Gasteiger partial charge in [0, 0.05) is 25.3 Å². The van der Waals surface area contributed by atoms with Crippen molar-refractivity contribution >= 4 is 23.4 Å². The first kappa shape index (κ1) is 30.8. The zero-order chi connectivity index (χ0) is 29.7. The van der Waals surface area contributed by atoms with Crippen molar-refractivity contribution in [2.45, 2.75) is 76.7 Å². The molecule has 9 heteroatoms. The van der Waals surface area contributed by atoms with E-state index in [4.69, 9.17) is 9.47 Å². The molecule has 1 aromatic carbocycles. The summed E-state index contributed by atoms with van der Waals surface area (Å²) in [6.45, 7) is 15.0. The van der Waals surface area contributed by atoms with Crippen LogP contribution in [0.25, 0.3) is 0 Å². The highest BCUT2D eigenvalue weighted by atomic mass is 16.5. The monoisotopic (exact) mass is 567 g/mol. The highest BCUT2D eigenvalue weighted by Crippen LogP contribution is 2.59. The number of amides is 3. The third kappa shape index (κ3) is 5.42. The molecule has 2 bridgehead atoms. The summed E-state index contributed by atoms with van der Waals surface area (Å²) in [5.41, 5.74) is -0.449. The fraction of sp³-hybridized carbons (Fsp3) is 0.594. The molecule has 0 radical (unpaired) electrons. The molecule has 3 fully saturated rings. The molecule has 0 aromatic heterocycles. The van der Waals surface area contributed by atoms with Gasteiger partial charge in [-0.2, -0.15) is 0 Å². The van der Waals surface area contributed by atoms with Gasteiger partial charge < -0.3 is 29.3 Å². The first-order chi connectivity index (χ1) is 19.8. The second-order valence-electron chi connectivity index (χ2n) is 11.1. The van der Waals surface area contributed by atoms with Gasteiger partial charge >= 0.3 is 0 Å². The van der Waals surface area contributed by atoms with Gasteiger partial charge in [0.2, 0.25) is 17.7 Å². The van der Waals surface area contributed by atoms with Crippen LogP contribution in [0.1, 0.15) is 52.9 Å². The van der Waals surface area contributed by atoms with Crippen molar-refractivity contribution in [1.82, 2.24) is 9.80 Å². The number of carbonyl (C=O) groups excluding carboxylic acids is 3. The normalized spacial score (nSPS) is 26.9. The van der Waals surface area contributed by atoms with Crippen LogP contribution in [0.15, 0.2) is 49.6 Å². The first-order valence-electron chi connectivity index (χ1n) is 15.0. The summed E-state index contributed by atoms with van der Waals surface area (Å²) in [7, 11) is 0. The lowest BCUT2D eigenvalue weighted by Gasteiger charge is -2.39. The maximum Gasteiger partial charge on any atom is 0.248 e. The maximum absolute atomic E-state index is 14.3. The Balaban J connectivity index is 1.74. The Morgan fingerprint density at radius 2 is 1.88 bits per heavy atom. The fourth-order valence-electron chi connectivity index (χ4n) is 6.95. The molecule has 2 unspecified atom stereocenters. The molecule has 0 aliphatic carbocycles. The molecule has 3 amide bonds. The first-order valence-corrected chi connectivity index (χ1v) is 15.0. The van der Waals surface area contributed by atoms with Crippen LogP contribution in [0.3, 0.4) is 0 Å². The SMILES string of the molecule is C=CCN(CCCC)C(=O)C1N([C@@H](CC)CO)C(=O)[C@@H]2[C@@H](C(=O)N(CC=C)c3ccc(OCC)cc3)[C@H]3CCC12O3. The van der Waals surface area contributed by atoms with E-state index >= 15 is 0 Å². The number of benzene rings is 1. The Labute approximate surface area is 243 Å². The molecule has 9 nitrogen and oxygen atoms in total. The third-order valence-electron chi connectivity index (χ3n) is 8.81. The van der Waals surface area contributed by atoms with E-state index < -0.39 is 35.6 Å². The summed E-state index contributed by atoms with van der Waals surface area (Å²) < 4.78 is 12.2. The number of rotatable bonds is 15. The number of ether oxygens (including phenoxy) is 2. The van der Waals surface area contributed by atoms with Gasteiger partial charge in [0.1, 0.15) is 17.4 Å². The number of unbranched alkanes of at least 4 members (excludes halogenated alkanes) is 1.